The Morgan fingerprint density at radius 3 is 2.78 bits per heavy atom. The zero-order valence-electron chi connectivity index (χ0n) is 10.3. The molecule has 1 saturated heterocycles. The maximum Gasteiger partial charge on any atom is 0.338 e. The minimum absolute atomic E-state index is 0.0751. The van der Waals surface area contributed by atoms with Gasteiger partial charge in [-0.15, -0.1) is 0 Å². The van der Waals surface area contributed by atoms with Crippen LogP contribution < -0.4 is 0 Å². The number of carbonyl (C=O) groups excluding carboxylic acids is 2. The fraction of sp³-hybridized carbons (Fsp3) is 0.429. The average molecular weight is 245 g/mol. The van der Waals surface area contributed by atoms with Crippen LogP contribution in [0.15, 0.2) is 30.3 Å². The number of hydrogen-bond acceptors (Lipinski definition) is 3. The first kappa shape index (κ1) is 11.3. The SMILES string of the molecule is CN1CC2(COC(=O)c3ccccc3)C[C@@H]2C1=O. The molecule has 1 heterocycles. The van der Waals surface area contributed by atoms with Gasteiger partial charge in [-0.3, -0.25) is 4.79 Å². The van der Waals surface area contributed by atoms with Gasteiger partial charge in [0.1, 0.15) is 0 Å². The number of nitrogens with zero attached hydrogens (tertiary/aromatic N) is 1. The number of benzene rings is 1. The molecule has 2 fully saturated rings. The topological polar surface area (TPSA) is 46.6 Å². The van der Waals surface area contributed by atoms with Crippen molar-refractivity contribution >= 4 is 11.9 Å². The summed E-state index contributed by atoms with van der Waals surface area (Å²) in [6.07, 6.45) is 0.859. The number of piperidine rings is 1. The Labute approximate surface area is 106 Å². The third kappa shape index (κ3) is 1.68. The van der Waals surface area contributed by atoms with Crippen LogP contribution in [0.5, 0.6) is 0 Å². The Bertz CT molecular complexity index is 499. The van der Waals surface area contributed by atoms with Gasteiger partial charge in [-0.2, -0.15) is 0 Å². The van der Waals surface area contributed by atoms with Gasteiger partial charge in [0.25, 0.3) is 0 Å². The molecular weight excluding hydrogens is 230 g/mol. The lowest BCUT2D eigenvalue weighted by Crippen LogP contribution is -2.26. The van der Waals surface area contributed by atoms with Crippen LogP contribution in [0.3, 0.4) is 0 Å². The zero-order valence-corrected chi connectivity index (χ0v) is 10.3. The smallest absolute Gasteiger partial charge is 0.338 e. The van der Waals surface area contributed by atoms with Crippen molar-refractivity contribution < 1.29 is 14.3 Å². The average Bonchev–Trinajstić information content (AvgIpc) is 3.04. The summed E-state index contributed by atoms with van der Waals surface area (Å²) in [6, 6.07) is 8.94. The maximum atomic E-state index is 11.8. The molecule has 1 saturated carbocycles. The Morgan fingerprint density at radius 2 is 2.17 bits per heavy atom. The predicted octanol–water partition coefficient (Wildman–Crippen LogP) is 1.32. The minimum Gasteiger partial charge on any atom is -0.461 e. The largest absolute Gasteiger partial charge is 0.461 e. The van der Waals surface area contributed by atoms with Gasteiger partial charge in [-0.25, -0.2) is 4.79 Å². The van der Waals surface area contributed by atoms with E-state index in [9.17, 15) is 9.59 Å². The maximum absolute atomic E-state index is 11.8. The normalized spacial score (nSPS) is 29.1. The fourth-order valence-electron chi connectivity index (χ4n) is 2.76. The molecule has 1 unspecified atom stereocenters. The molecule has 1 amide bonds. The number of hydrogen-bond donors (Lipinski definition) is 0. The minimum atomic E-state index is -0.308. The summed E-state index contributed by atoms with van der Waals surface area (Å²) in [7, 11) is 1.80. The van der Waals surface area contributed by atoms with E-state index in [2.05, 4.69) is 0 Å². The number of likely N-dealkylation sites (tertiary alicyclic amines) is 1. The standard InChI is InChI=1S/C14H15NO3/c1-15-8-14(7-11(14)12(15)16)9-18-13(17)10-5-3-2-4-6-10/h2-6,11H,7-9H2,1H3/t11-,14?/m1/s1. The molecule has 0 radical (unpaired) electrons. The van der Waals surface area contributed by atoms with E-state index in [0.717, 1.165) is 6.42 Å². The Balaban J connectivity index is 1.61. The van der Waals surface area contributed by atoms with Gasteiger partial charge in [-0.1, -0.05) is 18.2 Å². The molecule has 0 spiro atoms. The van der Waals surface area contributed by atoms with E-state index in [1.54, 1.807) is 24.1 Å². The van der Waals surface area contributed by atoms with Gasteiger partial charge < -0.3 is 9.64 Å². The second-order valence-corrected chi connectivity index (χ2v) is 5.26. The molecule has 2 atom stereocenters. The van der Waals surface area contributed by atoms with E-state index < -0.39 is 0 Å². The van der Waals surface area contributed by atoms with Crippen molar-refractivity contribution in [1.29, 1.82) is 0 Å². The van der Waals surface area contributed by atoms with Gasteiger partial charge in [0.05, 0.1) is 12.2 Å². The highest BCUT2D eigenvalue weighted by molar-refractivity contribution is 5.89. The first-order valence-corrected chi connectivity index (χ1v) is 6.10. The van der Waals surface area contributed by atoms with Crippen molar-refractivity contribution in [3.8, 4) is 0 Å². The predicted molar refractivity (Wildman–Crippen MR) is 64.9 cm³/mol. The second-order valence-electron chi connectivity index (χ2n) is 5.26. The highest BCUT2D eigenvalue weighted by atomic mass is 16.5. The monoisotopic (exact) mass is 245 g/mol. The number of esters is 1. The number of ether oxygens (including phenoxy) is 1. The molecule has 4 heteroatoms. The van der Waals surface area contributed by atoms with Crippen LogP contribution in [-0.2, 0) is 9.53 Å². The Hall–Kier alpha value is -1.84. The van der Waals surface area contributed by atoms with Crippen molar-refractivity contribution in [3.63, 3.8) is 0 Å². The first-order chi connectivity index (χ1) is 8.62. The van der Waals surface area contributed by atoms with Crippen molar-refractivity contribution in [2.45, 2.75) is 6.42 Å². The lowest BCUT2D eigenvalue weighted by molar-refractivity contribution is -0.128. The summed E-state index contributed by atoms with van der Waals surface area (Å²) in [5, 5.41) is 0. The molecule has 1 aromatic carbocycles. The van der Waals surface area contributed by atoms with Crippen molar-refractivity contribution in [2.24, 2.45) is 11.3 Å². The van der Waals surface area contributed by atoms with Gasteiger partial charge in [-0.05, 0) is 18.6 Å². The third-order valence-corrected chi connectivity index (χ3v) is 3.92. The molecule has 1 aliphatic carbocycles. The fourth-order valence-corrected chi connectivity index (χ4v) is 2.76. The van der Waals surface area contributed by atoms with Crippen molar-refractivity contribution in [3.05, 3.63) is 35.9 Å². The summed E-state index contributed by atoms with van der Waals surface area (Å²) in [5.41, 5.74) is 0.458. The van der Waals surface area contributed by atoms with Gasteiger partial charge >= 0.3 is 5.97 Å². The lowest BCUT2D eigenvalue weighted by atomic mass is 10.1. The molecule has 1 aromatic rings. The van der Waals surface area contributed by atoms with E-state index in [0.29, 0.717) is 18.7 Å². The highest BCUT2D eigenvalue weighted by Crippen LogP contribution is 2.58. The van der Waals surface area contributed by atoms with Crippen molar-refractivity contribution in [1.82, 2.24) is 4.90 Å². The van der Waals surface area contributed by atoms with Crippen LogP contribution in [-0.4, -0.2) is 37.0 Å². The molecule has 94 valence electrons. The van der Waals surface area contributed by atoms with Crippen LogP contribution in [0.1, 0.15) is 16.8 Å². The summed E-state index contributed by atoms with van der Waals surface area (Å²) in [4.78, 5) is 25.2. The summed E-state index contributed by atoms with van der Waals surface area (Å²) < 4.78 is 5.34. The lowest BCUT2D eigenvalue weighted by Gasteiger charge is -2.16. The number of amides is 1. The third-order valence-electron chi connectivity index (χ3n) is 3.92. The highest BCUT2D eigenvalue weighted by Gasteiger charge is 2.65. The molecule has 4 nitrogen and oxygen atoms in total. The molecule has 3 rings (SSSR count). The molecule has 18 heavy (non-hydrogen) atoms. The van der Waals surface area contributed by atoms with Gasteiger partial charge in [0.15, 0.2) is 0 Å². The Kier molecular flexibility index (Phi) is 2.40. The number of carbonyl (C=O) groups is 2. The van der Waals surface area contributed by atoms with Crippen molar-refractivity contribution in [2.75, 3.05) is 20.2 Å². The number of fused-ring (bicyclic) bond motifs is 1. The van der Waals surface area contributed by atoms with Crippen LogP contribution >= 0.6 is 0 Å². The van der Waals surface area contributed by atoms with Crippen LogP contribution in [0.2, 0.25) is 0 Å². The van der Waals surface area contributed by atoms with Gasteiger partial charge in [0, 0.05) is 24.9 Å². The molecular formula is C14H15NO3. The summed E-state index contributed by atoms with van der Waals surface area (Å²) >= 11 is 0. The number of rotatable bonds is 3. The van der Waals surface area contributed by atoms with E-state index in [4.69, 9.17) is 4.74 Å². The second kappa shape index (κ2) is 3.83. The van der Waals surface area contributed by atoms with E-state index >= 15 is 0 Å². The quantitative estimate of drug-likeness (QED) is 0.755. The zero-order chi connectivity index (χ0) is 12.8. The van der Waals surface area contributed by atoms with E-state index in [1.807, 2.05) is 18.2 Å². The molecule has 0 N–H and O–H groups in total. The van der Waals surface area contributed by atoms with E-state index in [1.165, 1.54) is 0 Å². The van der Waals surface area contributed by atoms with Gasteiger partial charge in [0.2, 0.25) is 5.91 Å². The molecule has 0 aromatic heterocycles. The molecule has 0 bridgehead atoms. The summed E-state index contributed by atoms with van der Waals surface area (Å²) in [6.45, 7) is 1.06. The van der Waals surface area contributed by atoms with Crippen LogP contribution in [0, 0.1) is 11.3 Å². The molecule has 1 aliphatic heterocycles. The summed E-state index contributed by atoms with van der Waals surface area (Å²) in [5.74, 6) is -0.0468. The van der Waals surface area contributed by atoms with Crippen LogP contribution in [0.4, 0.5) is 0 Å². The van der Waals surface area contributed by atoms with E-state index in [-0.39, 0.29) is 23.2 Å². The van der Waals surface area contributed by atoms with Crippen LogP contribution in [0.25, 0.3) is 0 Å². The first-order valence-electron chi connectivity index (χ1n) is 6.10. The molecule has 2 aliphatic rings. The Morgan fingerprint density at radius 1 is 1.44 bits per heavy atom.